The molecule has 0 aromatic heterocycles. The molecule has 5 atom stereocenters. The smallest absolute Gasteiger partial charge is 0.0264 e. The number of rotatable bonds is 2. The molecule has 0 N–H and O–H groups in total. The molecule has 0 aromatic carbocycles. The van der Waals surface area contributed by atoms with Gasteiger partial charge in [0.05, 0.1) is 0 Å². The van der Waals surface area contributed by atoms with Crippen LogP contribution in [0.3, 0.4) is 0 Å². The molecule has 5 unspecified atom stereocenters. The van der Waals surface area contributed by atoms with Crippen molar-refractivity contribution in [2.45, 2.75) is 52.4 Å². The molecule has 0 amide bonds. The number of fused-ring (bicyclic) bond motifs is 3. The minimum absolute atomic E-state index is 0.810. The molecular weight excluding hydrogens is 156 g/mol. The molecule has 0 heteroatoms. The van der Waals surface area contributed by atoms with E-state index in [9.17, 15) is 0 Å². The molecule has 0 aliphatic heterocycles. The molecule has 3 aliphatic carbocycles. The van der Waals surface area contributed by atoms with Gasteiger partial charge in [-0.15, -0.1) is 0 Å². The minimum atomic E-state index is 0.810. The van der Waals surface area contributed by atoms with Crippen LogP contribution in [0.25, 0.3) is 0 Å². The maximum atomic E-state index is 2.60. The Kier molecular flexibility index (Phi) is 1.61. The van der Waals surface area contributed by atoms with Crippen molar-refractivity contribution in [2.24, 2.45) is 29.1 Å². The molecule has 0 spiro atoms. The molecular formula is C13H22. The van der Waals surface area contributed by atoms with Crippen LogP contribution >= 0.6 is 0 Å². The standard InChI is InChI=1S/C13H22/c1-3-4-9-5-11-6-10-7-12(10)13(11,2)8-9/h9-12H,3-8H2,1-2H3. The third kappa shape index (κ3) is 1.04. The van der Waals surface area contributed by atoms with Crippen LogP contribution in [-0.2, 0) is 0 Å². The van der Waals surface area contributed by atoms with Crippen LogP contribution in [0.4, 0.5) is 0 Å². The van der Waals surface area contributed by atoms with Gasteiger partial charge in [0, 0.05) is 0 Å². The Labute approximate surface area is 82.1 Å². The summed E-state index contributed by atoms with van der Waals surface area (Å²) in [6.45, 7) is 4.95. The lowest BCUT2D eigenvalue weighted by atomic mass is 9.78. The normalized spacial score (nSPS) is 57.7. The summed E-state index contributed by atoms with van der Waals surface area (Å²) in [5.74, 6) is 4.58. The van der Waals surface area contributed by atoms with Crippen molar-refractivity contribution in [3.8, 4) is 0 Å². The first-order chi connectivity index (χ1) is 6.24. The first-order valence-electron chi connectivity index (χ1n) is 6.24. The fraction of sp³-hybridized carbons (Fsp3) is 1.00. The third-order valence-electron chi connectivity index (χ3n) is 5.33. The Hall–Kier alpha value is 0. The fourth-order valence-corrected chi connectivity index (χ4v) is 4.67. The van der Waals surface area contributed by atoms with Gasteiger partial charge < -0.3 is 0 Å². The molecule has 0 bridgehead atoms. The average Bonchev–Trinajstić information content (AvgIpc) is 2.68. The van der Waals surface area contributed by atoms with E-state index in [4.69, 9.17) is 0 Å². The van der Waals surface area contributed by atoms with Crippen LogP contribution in [0.2, 0.25) is 0 Å². The van der Waals surface area contributed by atoms with E-state index in [1.54, 1.807) is 25.7 Å². The van der Waals surface area contributed by atoms with E-state index in [1.807, 2.05) is 0 Å². The minimum Gasteiger partial charge on any atom is -0.0654 e. The molecule has 0 radical (unpaired) electrons. The second-order valence-corrected chi connectivity index (χ2v) is 6.14. The summed E-state index contributed by atoms with van der Waals surface area (Å²) >= 11 is 0. The highest BCUT2D eigenvalue weighted by Gasteiger charge is 2.62. The number of hydrogen-bond donors (Lipinski definition) is 0. The lowest BCUT2D eigenvalue weighted by Crippen LogP contribution is -2.19. The Morgan fingerprint density at radius 3 is 2.77 bits per heavy atom. The van der Waals surface area contributed by atoms with Crippen LogP contribution in [0, 0.1) is 29.1 Å². The van der Waals surface area contributed by atoms with Gasteiger partial charge in [0.25, 0.3) is 0 Å². The Bertz CT molecular complexity index is 220. The molecule has 0 heterocycles. The van der Waals surface area contributed by atoms with Crippen LogP contribution in [0.5, 0.6) is 0 Å². The zero-order valence-corrected chi connectivity index (χ0v) is 9.05. The van der Waals surface area contributed by atoms with E-state index >= 15 is 0 Å². The van der Waals surface area contributed by atoms with Crippen molar-refractivity contribution >= 4 is 0 Å². The highest BCUT2D eigenvalue weighted by molar-refractivity contribution is 5.12. The van der Waals surface area contributed by atoms with E-state index in [2.05, 4.69) is 13.8 Å². The summed E-state index contributed by atoms with van der Waals surface area (Å²) in [7, 11) is 0. The Balaban J connectivity index is 1.73. The molecule has 13 heavy (non-hydrogen) atoms. The van der Waals surface area contributed by atoms with E-state index in [1.165, 1.54) is 24.7 Å². The fourth-order valence-electron chi connectivity index (χ4n) is 4.67. The van der Waals surface area contributed by atoms with Gasteiger partial charge in [-0.2, -0.15) is 0 Å². The lowest BCUT2D eigenvalue weighted by molar-refractivity contribution is 0.224. The van der Waals surface area contributed by atoms with Gasteiger partial charge in [-0.3, -0.25) is 0 Å². The lowest BCUT2D eigenvalue weighted by Gasteiger charge is -2.26. The van der Waals surface area contributed by atoms with Crippen LogP contribution < -0.4 is 0 Å². The van der Waals surface area contributed by atoms with Crippen molar-refractivity contribution in [1.82, 2.24) is 0 Å². The zero-order chi connectivity index (χ0) is 9.05. The molecule has 3 aliphatic rings. The van der Waals surface area contributed by atoms with Gasteiger partial charge in [-0.05, 0) is 54.8 Å². The summed E-state index contributed by atoms with van der Waals surface area (Å²) in [6, 6.07) is 0. The van der Waals surface area contributed by atoms with Gasteiger partial charge in [0.2, 0.25) is 0 Å². The summed E-state index contributed by atoms with van der Waals surface area (Å²) in [5, 5.41) is 0. The van der Waals surface area contributed by atoms with Crippen LogP contribution in [0.1, 0.15) is 52.4 Å². The van der Waals surface area contributed by atoms with E-state index in [-0.39, 0.29) is 0 Å². The zero-order valence-electron chi connectivity index (χ0n) is 9.05. The predicted octanol–water partition coefficient (Wildman–Crippen LogP) is 3.86. The van der Waals surface area contributed by atoms with E-state index in [0.717, 1.165) is 17.3 Å². The summed E-state index contributed by atoms with van der Waals surface area (Å²) in [6.07, 6.45) is 9.25. The molecule has 0 nitrogen and oxygen atoms in total. The van der Waals surface area contributed by atoms with Crippen molar-refractivity contribution < 1.29 is 0 Å². The van der Waals surface area contributed by atoms with Gasteiger partial charge >= 0.3 is 0 Å². The SMILES string of the molecule is CCCC1CC2CC3CC3C2(C)C1. The highest BCUT2D eigenvalue weighted by Crippen LogP contribution is 2.71. The summed E-state index contributed by atoms with van der Waals surface area (Å²) < 4.78 is 0. The Morgan fingerprint density at radius 2 is 2.08 bits per heavy atom. The molecule has 3 rings (SSSR count). The van der Waals surface area contributed by atoms with Gasteiger partial charge in [0.15, 0.2) is 0 Å². The van der Waals surface area contributed by atoms with Crippen molar-refractivity contribution in [3.05, 3.63) is 0 Å². The Morgan fingerprint density at radius 1 is 1.23 bits per heavy atom. The maximum Gasteiger partial charge on any atom is -0.0264 e. The van der Waals surface area contributed by atoms with Crippen molar-refractivity contribution in [2.75, 3.05) is 0 Å². The highest BCUT2D eigenvalue weighted by atomic mass is 14.7. The first kappa shape index (κ1) is 8.32. The van der Waals surface area contributed by atoms with Crippen molar-refractivity contribution in [1.29, 1.82) is 0 Å². The van der Waals surface area contributed by atoms with Crippen LogP contribution in [-0.4, -0.2) is 0 Å². The second-order valence-electron chi connectivity index (χ2n) is 6.14. The quantitative estimate of drug-likeness (QED) is 0.602. The van der Waals surface area contributed by atoms with Gasteiger partial charge in [0.1, 0.15) is 0 Å². The largest absolute Gasteiger partial charge is 0.0654 e. The second kappa shape index (κ2) is 2.52. The van der Waals surface area contributed by atoms with Crippen LogP contribution in [0.15, 0.2) is 0 Å². The monoisotopic (exact) mass is 178 g/mol. The molecule has 3 fully saturated rings. The first-order valence-corrected chi connectivity index (χ1v) is 6.24. The summed E-state index contributed by atoms with van der Waals surface area (Å²) in [4.78, 5) is 0. The molecule has 3 saturated carbocycles. The molecule has 0 aromatic rings. The predicted molar refractivity (Wildman–Crippen MR) is 55.4 cm³/mol. The van der Waals surface area contributed by atoms with Gasteiger partial charge in [-0.1, -0.05) is 26.7 Å². The topological polar surface area (TPSA) is 0 Å². The molecule has 0 saturated heterocycles. The van der Waals surface area contributed by atoms with Gasteiger partial charge in [-0.25, -0.2) is 0 Å². The van der Waals surface area contributed by atoms with E-state index in [0.29, 0.717) is 0 Å². The summed E-state index contributed by atoms with van der Waals surface area (Å²) in [5.41, 5.74) is 0.810. The average molecular weight is 178 g/mol. The number of hydrogen-bond acceptors (Lipinski definition) is 0. The van der Waals surface area contributed by atoms with Crippen molar-refractivity contribution in [3.63, 3.8) is 0 Å². The third-order valence-corrected chi connectivity index (χ3v) is 5.33. The molecule has 74 valence electrons. The van der Waals surface area contributed by atoms with E-state index < -0.39 is 0 Å². The maximum absolute atomic E-state index is 2.60.